The maximum atomic E-state index is 11.8. The monoisotopic (exact) mass is 438 g/mol. The summed E-state index contributed by atoms with van der Waals surface area (Å²) in [6.45, 7) is 16.0. The van der Waals surface area contributed by atoms with Gasteiger partial charge in [-0.05, 0) is 74.3 Å². The Labute approximate surface area is 187 Å². The third kappa shape index (κ3) is 3.18. The second-order valence-electron chi connectivity index (χ2n) is 9.83. The van der Waals surface area contributed by atoms with E-state index < -0.39 is 11.9 Å². The van der Waals surface area contributed by atoms with Crippen LogP contribution < -0.4 is 5.32 Å². The number of hydrogen-bond acceptors (Lipinski definition) is 4. The van der Waals surface area contributed by atoms with Gasteiger partial charge in [0.1, 0.15) is 5.00 Å². The molecule has 0 spiro atoms. The number of anilines is 1. The van der Waals surface area contributed by atoms with Gasteiger partial charge in [-0.3, -0.25) is 4.79 Å². The molecule has 164 valence electrons. The molecule has 5 unspecified atom stereocenters. The van der Waals surface area contributed by atoms with E-state index in [1.54, 1.807) is 0 Å². The lowest BCUT2D eigenvalue weighted by Crippen LogP contribution is -2.29. The van der Waals surface area contributed by atoms with Gasteiger partial charge in [-0.2, -0.15) is 0 Å². The summed E-state index contributed by atoms with van der Waals surface area (Å²) >= 11 is 1.50. The summed E-state index contributed by atoms with van der Waals surface area (Å²) < 4.78 is 0. The summed E-state index contributed by atoms with van der Waals surface area (Å²) in [6, 6.07) is 0. The number of nitrogens with one attached hydrogen (secondary N) is 1. The minimum atomic E-state index is -1.47. The molecule has 3 fully saturated rings. The molecule has 5 rings (SSSR count). The first-order valence-corrected chi connectivity index (χ1v) is 12.1. The van der Waals surface area contributed by atoms with Crippen LogP contribution in [0.25, 0.3) is 5.57 Å². The number of carboxylic acids is 1. The van der Waals surface area contributed by atoms with Gasteiger partial charge in [-0.1, -0.05) is 19.7 Å². The fourth-order valence-electron chi connectivity index (χ4n) is 6.80. The van der Waals surface area contributed by atoms with Crippen molar-refractivity contribution in [3.8, 4) is 0 Å². The fourth-order valence-corrected chi connectivity index (χ4v) is 8.11. The molecule has 2 N–H and O–H groups in total. The molecule has 1 aromatic heterocycles. The third-order valence-corrected chi connectivity index (χ3v) is 9.24. The van der Waals surface area contributed by atoms with E-state index in [1.807, 2.05) is 6.92 Å². The van der Waals surface area contributed by atoms with Crippen molar-refractivity contribution in [2.24, 2.45) is 29.6 Å². The first-order chi connectivity index (χ1) is 14.8. The van der Waals surface area contributed by atoms with Crippen molar-refractivity contribution >= 4 is 33.8 Å². The normalized spacial score (nSPS) is 31.0. The van der Waals surface area contributed by atoms with Crippen LogP contribution in [0.3, 0.4) is 0 Å². The molecule has 2 saturated carbocycles. The number of nitrogens with zero attached hydrogens (tertiary/aromatic N) is 1. The molecular formula is C25H30N2O3S. The minimum absolute atomic E-state index is 0.480. The molecule has 0 radical (unpaired) electrons. The van der Waals surface area contributed by atoms with Crippen molar-refractivity contribution in [2.75, 3.05) is 11.9 Å². The zero-order chi connectivity index (χ0) is 22.0. The predicted octanol–water partition coefficient (Wildman–Crippen LogP) is 4.91. The van der Waals surface area contributed by atoms with Gasteiger partial charge < -0.3 is 15.3 Å². The van der Waals surface area contributed by atoms with Crippen LogP contribution in [0.2, 0.25) is 0 Å². The number of carboxylic acid groups (broad SMARTS) is 1. The molecule has 6 heteroatoms. The van der Waals surface area contributed by atoms with Crippen LogP contribution in [-0.2, 0) is 22.4 Å². The molecule has 2 bridgehead atoms. The second-order valence-corrected chi connectivity index (χ2v) is 10.9. The number of likely N-dealkylation sites (tertiary alicyclic amines) is 1. The molecular weight excluding hydrogens is 408 g/mol. The van der Waals surface area contributed by atoms with Gasteiger partial charge in [0.05, 0.1) is 0 Å². The Hall–Kier alpha value is -2.34. The van der Waals surface area contributed by atoms with E-state index in [1.165, 1.54) is 52.4 Å². The van der Waals surface area contributed by atoms with Crippen molar-refractivity contribution < 1.29 is 14.7 Å². The van der Waals surface area contributed by atoms with Crippen LogP contribution in [-0.4, -0.2) is 28.4 Å². The summed E-state index contributed by atoms with van der Waals surface area (Å²) in [5, 5.41) is 12.2. The topological polar surface area (TPSA) is 69.6 Å². The van der Waals surface area contributed by atoms with Gasteiger partial charge >= 0.3 is 11.9 Å². The van der Waals surface area contributed by atoms with E-state index in [2.05, 4.69) is 30.0 Å². The zero-order valence-corrected chi connectivity index (χ0v) is 18.9. The number of thiophene rings is 1. The van der Waals surface area contributed by atoms with Crippen molar-refractivity contribution in [1.29, 1.82) is 0 Å². The van der Waals surface area contributed by atoms with E-state index in [-0.39, 0.29) is 0 Å². The lowest BCUT2D eigenvalue weighted by atomic mass is 9.79. The first kappa shape index (κ1) is 20.6. The number of hydrogen-bond donors (Lipinski definition) is 2. The van der Waals surface area contributed by atoms with Crippen LogP contribution >= 0.6 is 11.3 Å². The number of carbonyl (C=O) groups excluding carboxylic acids is 1. The molecule has 3 aliphatic carbocycles. The average molecular weight is 439 g/mol. The zero-order valence-electron chi connectivity index (χ0n) is 18.1. The maximum absolute atomic E-state index is 11.8. The lowest BCUT2D eigenvalue weighted by molar-refractivity contribution is -0.147. The Morgan fingerprint density at radius 2 is 1.81 bits per heavy atom. The molecule has 0 aromatic carbocycles. The molecule has 1 amide bonds. The highest BCUT2D eigenvalue weighted by Crippen LogP contribution is 2.61. The number of rotatable bonds is 4. The summed E-state index contributed by atoms with van der Waals surface area (Å²) in [5.41, 5.74) is 5.58. The van der Waals surface area contributed by atoms with Crippen molar-refractivity contribution in [3.63, 3.8) is 0 Å². The molecule has 5 nitrogen and oxygen atoms in total. The standard InChI is InChI=1S/C25H30N2O3S/c1-12(2)20-18-9-15(5-8-19(18)31-24(20)26-23(28)25(29)30)11-27-13(3)21-16-6-7-17(10-16)22(21)14(27)4/h15-17,21-22H,1,3-11H2,2H3,(H,26,28)(H,29,30). The quantitative estimate of drug-likeness (QED) is 0.655. The maximum Gasteiger partial charge on any atom is 0.394 e. The van der Waals surface area contributed by atoms with Crippen molar-refractivity contribution in [1.82, 2.24) is 4.90 Å². The Bertz CT molecular complexity index is 994. The van der Waals surface area contributed by atoms with Gasteiger partial charge in [0.15, 0.2) is 0 Å². The highest BCUT2D eigenvalue weighted by atomic mass is 32.1. The summed E-state index contributed by atoms with van der Waals surface area (Å²) in [6.07, 6.45) is 6.99. The smallest absolute Gasteiger partial charge is 0.394 e. The highest BCUT2D eigenvalue weighted by molar-refractivity contribution is 7.16. The van der Waals surface area contributed by atoms with E-state index in [9.17, 15) is 9.59 Å². The summed E-state index contributed by atoms with van der Waals surface area (Å²) in [7, 11) is 0. The van der Waals surface area contributed by atoms with Crippen LogP contribution in [0.5, 0.6) is 0 Å². The SMILES string of the molecule is C=C(C)c1c(NC(=O)C(=O)O)sc2c1CC(CN1C(=C)C3C4CCC(C4)C3C1=C)CC2. The molecule has 2 heterocycles. The number of amides is 1. The van der Waals surface area contributed by atoms with Crippen molar-refractivity contribution in [2.45, 2.75) is 45.4 Å². The second kappa shape index (κ2) is 7.37. The largest absolute Gasteiger partial charge is 0.474 e. The van der Waals surface area contributed by atoms with Gasteiger partial charge in [0.25, 0.3) is 0 Å². The molecule has 1 saturated heterocycles. The van der Waals surface area contributed by atoms with Crippen LogP contribution in [0, 0.1) is 29.6 Å². The minimum Gasteiger partial charge on any atom is -0.474 e. The van der Waals surface area contributed by atoms with Crippen molar-refractivity contribution in [3.05, 3.63) is 47.1 Å². The predicted molar refractivity (Wildman–Crippen MR) is 124 cm³/mol. The van der Waals surface area contributed by atoms with Gasteiger partial charge in [-0.15, -0.1) is 11.3 Å². The molecule has 1 aromatic rings. The third-order valence-electron chi connectivity index (χ3n) is 8.03. The van der Waals surface area contributed by atoms with Gasteiger partial charge in [-0.25, -0.2) is 4.79 Å². The Morgan fingerprint density at radius 1 is 1.16 bits per heavy atom. The lowest BCUT2D eigenvalue weighted by Gasteiger charge is -2.31. The average Bonchev–Trinajstić information content (AvgIpc) is 3.46. The first-order valence-electron chi connectivity index (χ1n) is 11.3. The van der Waals surface area contributed by atoms with E-state index in [4.69, 9.17) is 5.11 Å². The molecule has 4 aliphatic rings. The number of fused-ring (bicyclic) bond motifs is 6. The van der Waals surface area contributed by atoms with Gasteiger partial charge in [0, 0.05) is 40.2 Å². The number of carbonyl (C=O) groups is 2. The number of aryl methyl sites for hydroxylation is 1. The van der Waals surface area contributed by atoms with Crippen LogP contribution in [0.15, 0.2) is 31.1 Å². The van der Waals surface area contributed by atoms with E-state index >= 15 is 0 Å². The van der Waals surface area contributed by atoms with E-state index in [0.717, 1.165) is 48.8 Å². The fraction of sp³-hybridized carbons (Fsp3) is 0.520. The number of allylic oxidation sites excluding steroid dienone is 3. The van der Waals surface area contributed by atoms with Crippen LogP contribution in [0.1, 0.15) is 48.6 Å². The molecule has 31 heavy (non-hydrogen) atoms. The summed E-state index contributed by atoms with van der Waals surface area (Å²) in [5.74, 6) is 0.828. The number of aliphatic carboxylic acids is 1. The molecule has 5 atom stereocenters. The van der Waals surface area contributed by atoms with Crippen LogP contribution in [0.4, 0.5) is 5.00 Å². The Morgan fingerprint density at radius 3 is 2.39 bits per heavy atom. The Kier molecular flexibility index (Phi) is 4.88. The van der Waals surface area contributed by atoms with E-state index in [0.29, 0.717) is 22.8 Å². The van der Waals surface area contributed by atoms with Gasteiger partial charge in [0.2, 0.25) is 0 Å². The molecule has 1 aliphatic heterocycles. The summed E-state index contributed by atoms with van der Waals surface area (Å²) in [4.78, 5) is 26.4. The highest BCUT2D eigenvalue weighted by Gasteiger charge is 2.55. The Balaban J connectivity index is 1.35.